The molecule has 154 valence electrons. The first-order chi connectivity index (χ1) is 13.6. The van der Waals surface area contributed by atoms with Crippen molar-refractivity contribution < 1.29 is 14.3 Å². The van der Waals surface area contributed by atoms with Gasteiger partial charge in [0.15, 0.2) is 5.96 Å². The van der Waals surface area contributed by atoms with E-state index in [0.29, 0.717) is 25.7 Å². The van der Waals surface area contributed by atoms with E-state index in [9.17, 15) is 4.79 Å². The normalized spacial score (nSPS) is 19.1. The number of aliphatic imine (C=N–C) groups is 1. The lowest BCUT2D eigenvalue weighted by molar-refractivity contribution is 0.0963. The first-order valence-corrected chi connectivity index (χ1v) is 10.1. The van der Waals surface area contributed by atoms with Gasteiger partial charge in [0.25, 0.3) is 0 Å². The molecule has 2 aliphatic rings. The number of hydrogen-bond donors (Lipinski definition) is 2. The number of piperidine rings is 1. The van der Waals surface area contributed by atoms with Crippen molar-refractivity contribution in [2.24, 2.45) is 4.99 Å². The van der Waals surface area contributed by atoms with Gasteiger partial charge in [0, 0.05) is 43.7 Å². The highest BCUT2D eigenvalue weighted by Crippen LogP contribution is 2.50. The van der Waals surface area contributed by atoms with Crippen LogP contribution in [0.1, 0.15) is 38.2 Å². The lowest BCUT2D eigenvalue weighted by atomic mass is 9.95. The first-order valence-electron chi connectivity index (χ1n) is 10.1. The van der Waals surface area contributed by atoms with Crippen LogP contribution in [0.4, 0.5) is 4.79 Å². The molecule has 2 fully saturated rings. The lowest BCUT2D eigenvalue weighted by Crippen LogP contribution is -2.50. The molecule has 0 aromatic heterocycles. The van der Waals surface area contributed by atoms with Gasteiger partial charge >= 0.3 is 6.09 Å². The Morgan fingerprint density at radius 2 is 2.00 bits per heavy atom. The number of hydrogen-bond acceptors (Lipinski definition) is 4. The van der Waals surface area contributed by atoms with E-state index in [1.165, 1.54) is 5.56 Å². The maximum atomic E-state index is 11.8. The molecule has 1 aromatic carbocycles. The number of nitrogens with zero attached hydrogens (tertiary/aromatic N) is 2. The van der Waals surface area contributed by atoms with Crippen LogP contribution in [0.15, 0.2) is 29.3 Å². The second-order valence-corrected chi connectivity index (χ2v) is 7.51. The van der Waals surface area contributed by atoms with Crippen LogP contribution in [0, 0.1) is 0 Å². The van der Waals surface area contributed by atoms with Gasteiger partial charge in [0.1, 0.15) is 5.75 Å². The van der Waals surface area contributed by atoms with Gasteiger partial charge in [-0.2, -0.15) is 0 Å². The summed E-state index contributed by atoms with van der Waals surface area (Å²) in [7, 11) is 3.53. The van der Waals surface area contributed by atoms with Crippen molar-refractivity contribution in [3.8, 4) is 5.75 Å². The minimum absolute atomic E-state index is 0.123. The summed E-state index contributed by atoms with van der Waals surface area (Å²) in [5, 5.41) is 7.01. The highest BCUT2D eigenvalue weighted by atomic mass is 16.6. The number of ether oxygens (including phenoxy) is 2. The van der Waals surface area contributed by atoms with Gasteiger partial charge in [-0.25, -0.2) is 4.79 Å². The molecule has 1 aliphatic heterocycles. The van der Waals surface area contributed by atoms with Crippen molar-refractivity contribution in [1.82, 2.24) is 15.5 Å². The topological polar surface area (TPSA) is 75.2 Å². The zero-order chi connectivity index (χ0) is 20.0. The van der Waals surface area contributed by atoms with Gasteiger partial charge in [-0.05, 0) is 38.7 Å². The van der Waals surface area contributed by atoms with Gasteiger partial charge in [0.2, 0.25) is 0 Å². The van der Waals surface area contributed by atoms with Crippen LogP contribution in [-0.4, -0.2) is 63.4 Å². The fraction of sp³-hybridized carbons (Fsp3) is 0.619. The van der Waals surface area contributed by atoms with Crippen LogP contribution in [0.25, 0.3) is 0 Å². The predicted molar refractivity (Wildman–Crippen MR) is 110 cm³/mol. The largest absolute Gasteiger partial charge is 0.496 e. The minimum Gasteiger partial charge on any atom is -0.496 e. The Kier molecular flexibility index (Phi) is 6.65. The zero-order valence-corrected chi connectivity index (χ0v) is 17.2. The Bertz CT molecular complexity index is 695. The van der Waals surface area contributed by atoms with Gasteiger partial charge in [-0.15, -0.1) is 0 Å². The summed E-state index contributed by atoms with van der Waals surface area (Å²) in [6, 6.07) is 8.57. The monoisotopic (exact) mass is 388 g/mol. The Morgan fingerprint density at radius 3 is 2.61 bits per heavy atom. The highest BCUT2D eigenvalue weighted by molar-refractivity contribution is 5.80. The zero-order valence-electron chi connectivity index (χ0n) is 17.2. The highest BCUT2D eigenvalue weighted by Gasteiger charge is 2.46. The molecule has 0 radical (unpaired) electrons. The van der Waals surface area contributed by atoms with Gasteiger partial charge < -0.3 is 25.0 Å². The molecule has 0 spiro atoms. The molecule has 1 amide bonds. The molecule has 0 unspecified atom stereocenters. The number of nitrogens with one attached hydrogen (secondary N) is 2. The molecule has 1 aromatic rings. The molecule has 28 heavy (non-hydrogen) atoms. The van der Waals surface area contributed by atoms with Crippen LogP contribution in [-0.2, 0) is 10.2 Å². The smallest absolute Gasteiger partial charge is 0.409 e. The molecule has 1 aliphatic carbocycles. The van der Waals surface area contributed by atoms with E-state index < -0.39 is 0 Å². The molecule has 2 N–H and O–H groups in total. The number of rotatable bonds is 6. The van der Waals surface area contributed by atoms with Crippen molar-refractivity contribution in [3.63, 3.8) is 0 Å². The fourth-order valence-electron chi connectivity index (χ4n) is 3.84. The number of benzene rings is 1. The second kappa shape index (κ2) is 9.17. The van der Waals surface area contributed by atoms with E-state index in [0.717, 1.165) is 43.9 Å². The number of guanidine groups is 1. The van der Waals surface area contributed by atoms with E-state index in [1.807, 2.05) is 19.1 Å². The third-order valence-electron chi connectivity index (χ3n) is 5.71. The van der Waals surface area contributed by atoms with E-state index in [2.05, 4.69) is 27.8 Å². The summed E-state index contributed by atoms with van der Waals surface area (Å²) < 4.78 is 10.6. The van der Waals surface area contributed by atoms with Crippen molar-refractivity contribution in [2.75, 3.05) is 40.4 Å². The molecule has 1 saturated carbocycles. The average Bonchev–Trinajstić information content (AvgIpc) is 3.52. The Morgan fingerprint density at radius 1 is 1.29 bits per heavy atom. The molecule has 7 nitrogen and oxygen atoms in total. The van der Waals surface area contributed by atoms with Crippen LogP contribution < -0.4 is 15.4 Å². The molecule has 3 rings (SSSR count). The molecule has 1 heterocycles. The van der Waals surface area contributed by atoms with Crippen LogP contribution in [0.3, 0.4) is 0 Å². The standard InChI is InChI=1S/C21H32N4O3/c1-4-28-20(26)25-13-9-16(10-14-25)24-19(22-2)23-15-21(11-12-21)17-7-5-6-8-18(17)27-3/h5-8,16H,4,9-15H2,1-3H3,(H2,22,23,24). The van der Waals surface area contributed by atoms with Gasteiger partial charge in [-0.1, -0.05) is 18.2 Å². The minimum atomic E-state index is -0.212. The number of para-hydroxylation sites is 1. The van der Waals surface area contributed by atoms with E-state index in [4.69, 9.17) is 9.47 Å². The van der Waals surface area contributed by atoms with Gasteiger partial charge in [-0.3, -0.25) is 4.99 Å². The molecule has 1 saturated heterocycles. The number of carbonyl (C=O) groups excluding carboxylic acids is 1. The molecule has 0 atom stereocenters. The Hall–Kier alpha value is -2.44. The number of carbonyl (C=O) groups is 1. The SMILES string of the molecule is CCOC(=O)N1CCC(NC(=NC)NCC2(c3ccccc3OC)CC2)CC1. The maximum Gasteiger partial charge on any atom is 0.409 e. The third kappa shape index (κ3) is 4.69. The first kappa shape index (κ1) is 20.3. The van der Waals surface area contributed by atoms with Crippen LogP contribution in [0.5, 0.6) is 5.75 Å². The molecular formula is C21H32N4O3. The predicted octanol–water partition coefficient (Wildman–Crippen LogP) is 2.51. The maximum absolute atomic E-state index is 11.8. The summed E-state index contributed by atoms with van der Waals surface area (Å²) >= 11 is 0. The summed E-state index contributed by atoms with van der Waals surface area (Å²) in [6.07, 6.45) is 3.86. The van der Waals surface area contributed by atoms with Crippen LogP contribution in [0.2, 0.25) is 0 Å². The summed E-state index contributed by atoms with van der Waals surface area (Å²) in [6.45, 7) is 4.49. The Labute approximate surface area is 167 Å². The van der Waals surface area contributed by atoms with E-state index in [-0.39, 0.29) is 11.5 Å². The number of amides is 1. The summed E-state index contributed by atoms with van der Waals surface area (Å²) in [4.78, 5) is 18.0. The third-order valence-corrected chi connectivity index (χ3v) is 5.71. The summed E-state index contributed by atoms with van der Waals surface area (Å²) in [5.41, 5.74) is 1.39. The van der Waals surface area contributed by atoms with E-state index in [1.54, 1.807) is 19.1 Å². The molecule has 0 bridgehead atoms. The van der Waals surface area contributed by atoms with E-state index >= 15 is 0 Å². The van der Waals surface area contributed by atoms with Crippen molar-refractivity contribution in [1.29, 1.82) is 0 Å². The Balaban J connectivity index is 1.50. The number of methoxy groups -OCH3 is 1. The quantitative estimate of drug-likeness (QED) is 0.579. The molecular weight excluding hydrogens is 356 g/mol. The number of likely N-dealkylation sites (tertiary alicyclic amines) is 1. The average molecular weight is 389 g/mol. The van der Waals surface area contributed by atoms with Crippen molar-refractivity contribution in [2.45, 2.75) is 44.1 Å². The fourth-order valence-corrected chi connectivity index (χ4v) is 3.84. The van der Waals surface area contributed by atoms with Crippen LogP contribution >= 0.6 is 0 Å². The van der Waals surface area contributed by atoms with Crippen molar-refractivity contribution in [3.05, 3.63) is 29.8 Å². The van der Waals surface area contributed by atoms with Gasteiger partial charge in [0.05, 0.1) is 13.7 Å². The second-order valence-electron chi connectivity index (χ2n) is 7.51. The summed E-state index contributed by atoms with van der Waals surface area (Å²) in [5.74, 6) is 1.77. The van der Waals surface area contributed by atoms with Crippen molar-refractivity contribution >= 4 is 12.1 Å². The molecule has 7 heteroatoms. The lowest BCUT2D eigenvalue weighted by Gasteiger charge is -2.32.